The van der Waals surface area contributed by atoms with Gasteiger partial charge in [-0.2, -0.15) is 0 Å². The number of nitrogens with zero attached hydrogens (tertiary/aromatic N) is 1. The third kappa shape index (κ3) is 5.58. The van der Waals surface area contributed by atoms with Crippen LogP contribution in [0.2, 0.25) is 0 Å². The highest BCUT2D eigenvalue weighted by Gasteiger charge is 2.00. The standard InChI is InChI=1S/C12H17NO3/c1-15-9-12(14)10-16-8-2-3-11-4-6-13-7-5-11/h4-7H,2-3,8-10H2,1H3. The van der Waals surface area contributed by atoms with Crippen LogP contribution in [0.4, 0.5) is 0 Å². The van der Waals surface area contributed by atoms with Gasteiger partial charge in [0.05, 0.1) is 0 Å². The van der Waals surface area contributed by atoms with Crippen LogP contribution in [-0.2, 0) is 20.7 Å². The predicted molar refractivity (Wildman–Crippen MR) is 60.3 cm³/mol. The normalized spacial score (nSPS) is 10.3. The van der Waals surface area contributed by atoms with Gasteiger partial charge in [-0.3, -0.25) is 9.78 Å². The van der Waals surface area contributed by atoms with Crippen molar-refractivity contribution in [2.75, 3.05) is 26.9 Å². The van der Waals surface area contributed by atoms with E-state index in [0.717, 1.165) is 12.8 Å². The molecule has 0 aliphatic heterocycles. The van der Waals surface area contributed by atoms with Crippen LogP contribution in [0, 0.1) is 0 Å². The molecule has 0 aromatic carbocycles. The molecule has 1 rings (SSSR count). The second kappa shape index (κ2) is 7.96. The molecule has 4 nitrogen and oxygen atoms in total. The highest BCUT2D eigenvalue weighted by atomic mass is 16.5. The van der Waals surface area contributed by atoms with E-state index in [2.05, 4.69) is 4.98 Å². The minimum Gasteiger partial charge on any atom is -0.377 e. The fraction of sp³-hybridized carbons (Fsp3) is 0.500. The highest BCUT2D eigenvalue weighted by Crippen LogP contribution is 2.00. The summed E-state index contributed by atoms with van der Waals surface area (Å²) in [6.45, 7) is 0.867. The minimum atomic E-state index is -0.0218. The number of hydrogen-bond donors (Lipinski definition) is 0. The van der Waals surface area contributed by atoms with E-state index in [9.17, 15) is 4.79 Å². The van der Waals surface area contributed by atoms with E-state index in [1.807, 2.05) is 12.1 Å². The van der Waals surface area contributed by atoms with Crippen LogP contribution in [0.3, 0.4) is 0 Å². The molecule has 0 saturated heterocycles. The maximum Gasteiger partial charge on any atom is 0.183 e. The molecular formula is C12H17NO3. The Balaban J connectivity index is 2.02. The van der Waals surface area contributed by atoms with Gasteiger partial charge in [-0.05, 0) is 30.5 Å². The van der Waals surface area contributed by atoms with E-state index in [1.165, 1.54) is 12.7 Å². The summed E-state index contributed by atoms with van der Waals surface area (Å²) in [7, 11) is 1.50. The fourth-order valence-electron chi connectivity index (χ4n) is 1.32. The molecule has 1 aromatic heterocycles. The lowest BCUT2D eigenvalue weighted by Gasteiger charge is -2.03. The molecule has 16 heavy (non-hydrogen) atoms. The van der Waals surface area contributed by atoms with Crippen LogP contribution in [0.15, 0.2) is 24.5 Å². The first-order chi connectivity index (χ1) is 7.83. The molecular weight excluding hydrogens is 206 g/mol. The Hall–Kier alpha value is -1.26. The van der Waals surface area contributed by atoms with Crippen molar-refractivity contribution in [3.05, 3.63) is 30.1 Å². The number of methoxy groups -OCH3 is 1. The molecule has 0 aliphatic rings. The molecule has 0 N–H and O–H groups in total. The maximum atomic E-state index is 11.0. The zero-order chi connectivity index (χ0) is 11.6. The summed E-state index contributed by atoms with van der Waals surface area (Å²) >= 11 is 0. The highest BCUT2D eigenvalue weighted by molar-refractivity contribution is 5.80. The Morgan fingerprint density at radius 2 is 2.06 bits per heavy atom. The van der Waals surface area contributed by atoms with Gasteiger partial charge in [0.25, 0.3) is 0 Å². The van der Waals surface area contributed by atoms with E-state index in [4.69, 9.17) is 9.47 Å². The van der Waals surface area contributed by atoms with Gasteiger partial charge in [-0.25, -0.2) is 0 Å². The predicted octanol–water partition coefficient (Wildman–Crippen LogP) is 1.25. The number of aromatic nitrogens is 1. The first kappa shape index (κ1) is 12.8. The van der Waals surface area contributed by atoms with Gasteiger partial charge in [0.1, 0.15) is 13.2 Å². The van der Waals surface area contributed by atoms with Crippen LogP contribution in [0.25, 0.3) is 0 Å². The topological polar surface area (TPSA) is 48.4 Å². The van der Waals surface area contributed by atoms with E-state index in [0.29, 0.717) is 6.61 Å². The van der Waals surface area contributed by atoms with Crippen LogP contribution >= 0.6 is 0 Å². The van der Waals surface area contributed by atoms with Crippen molar-refractivity contribution in [3.8, 4) is 0 Å². The van der Waals surface area contributed by atoms with E-state index in [-0.39, 0.29) is 19.0 Å². The van der Waals surface area contributed by atoms with Crippen molar-refractivity contribution in [2.45, 2.75) is 12.8 Å². The van der Waals surface area contributed by atoms with Gasteiger partial charge in [-0.15, -0.1) is 0 Å². The first-order valence-corrected chi connectivity index (χ1v) is 5.30. The lowest BCUT2D eigenvalue weighted by molar-refractivity contribution is -0.127. The number of pyridine rings is 1. The van der Waals surface area contributed by atoms with Crippen LogP contribution in [0.1, 0.15) is 12.0 Å². The number of carbonyl (C=O) groups excluding carboxylic acids is 1. The van der Waals surface area contributed by atoms with Crippen molar-refractivity contribution in [2.24, 2.45) is 0 Å². The lowest BCUT2D eigenvalue weighted by atomic mass is 10.1. The number of rotatable bonds is 8. The summed E-state index contributed by atoms with van der Waals surface area (Å²) < 4.78 is 9.92. The fourth-order valence-corrected chi connectivity index (χ4v) is 1.32. The molecule has 0 bridgehead atoms. The molecule has 1 aromatic rings. The van der Waals surface area contributed by atoms with Gasteiger partial charge in [0, 0.05) is 26.1 Å². The molecule has 4 heteroatoms. The van der Waals surface area contributed by atoms with E-state index < -0.39 is 0 Å². The SMILES string of the molecule is COCC(=O)COCCCc1ccncc1. The summed E-state index contributed by atoms with van der Waals surface area (Å²) in [6, 6.07) is 3.96. The summed E-state index contributed by atoms with van der Waals surface area (Å²) in [5, 5.41) is 0. The molecule has 1 heterocycles. The second-order valence-electron chi connectivity index (χ2n) is 3.48. The number of Topliss-reactive ketones (excluding diaryl/α,β-unsaturated/α-hetero) is 1. The molecule has 0 atom stereocenters. The Bertz CT molecular complexity index is 300. The van der Waals surface area contributed by atoms with Gasteiger partial charge in [-0.1, -0.05) is 0 Å². The summed E-state index contributed by atoms with van der Waals surface area (Å²) in [5.74, 6) is -0.0218. The molecule has 0 fully saturated rings. The zero-order valence-electron chi connectivity index (χ0n) is 9.52. The van der Waals surface area contributed by atoms with Gasteiger partial charge in [0.2, 0.25) is 0 Å². The minimum absolute atomic E-state index is 0.0218. The van der Waals surface area contributed by atoms with Gasteiger partial charge < -0.3 is 9.47 Å². The Morgan fingerprint density at radius 1 is 1.31 bits per heavy atom. The zero-order valence-corrected chi connectivity index (χ0v) is 9.52. The molecule has 0 amide bonds. The van der Waals surface area contributed by atoms with E-state index in [1.54, 1.807) is 12.4 Å². The maximum absolute atomic E-state index is 11.0. The smallest absolute Gasteiger partial charge is 0.183 e. The summed E-state index contributed by atoms with van der Waals surface area (Å²) in [6.07, 6.45) is 5.40. The van der Waals surface area contributed by atoms with Crippen molar-refractivity contribution in [3.63, 3.8) is 0 Å². The molecule has 0 spiro atoms. The second-order valence-corrected chi connectivity index (χ2v) is 3.48. The molecule has 0 unspecified atom stereocenters. The molecule has 0 saturated carbocycles. The lowest BCUT2D eigenvalue weighted by Crippen LogP contribution is -2.14. The Labute approximate surface area is 95.6 Å². The third-order valence-corrected chi connectivity index (χ3v) is 2.07. The van der Waals surface area contributed by atoms with Gasteiger partial charge >= 0.3 is 0 Å². The largest absolute Gasteiger partial charge is 0.377 e. The van der Waals surface area contributed by atoms with Crippen molar-refractivity contribution < 1.29 is 14.3 Å². The Morgan fingerprint density at radius 3 is 2.75 bits per heavy atom. The molecule has 0 aliphatic carbocycles. The van der Waals surface area contributed by atoms with Crippen molar-refractivity contribution in [1.29, 1.82) is 0 Å². The number of hydrogen-bond acceptors (Lipinski definition) is 4. The monoisotopic (exact) mass is 223 g/mol. The number of ether oxygens (including phenoxy) is 2. The van der Waals surface area contributed by atoms with Gasteiger partial charge in [0.15, 0.2) is 5.78 Å². The Kier molecular flexibility index (Phi) is 6.37. The summed E-state index contributed by atoms with van der Waals surface area (Å²) in [4.78, 5) is 15.0. The molecule has 88 valence electrons. The number of aryl methyl sites for hydroxylation is 1. The number of ketones is 1. The quantitative estimate of drug-likeness (QED) is 0.622. The van der Waals surface area contributed by atoms with Crippen LogP contribution < -0.4 is 0 Å². The third-order valence-electron chi connectivity index (χ3n) is 2.07. The van der Waals surface area contributed by atoms with Crippen molar-refractivity contribution in [1.82, 2.24) is 4.98 Å². The summed E-state index contributed by atoms with van der Waals surface area (Å²) in [5.41, 5.74) is 1.24. The average Bonchev–Trinajstić information content (AvgIpc) is 2.30. The van der Waals surface area contributed by atoms with Crippen LogP contribution in [-0.4, -0.2) is 37.7 Å². The average molecular weight is 223 g/mol. The molecule has 0 radical (unpaired) electrons. The van der Waals surface area contributed by atoms with Crippen molar-refractivity contribution >= 4 is 5.78 Å². The first-order valence-electron chi connectivity index (χ1n) is 5.30. The number of carbonyl (C=O) groups is 1. The van der Waals surface area contributed by atoms with E-state index >= 15 is 0 Å². The van der Waals surface area contributed by atoms with Crippen LogP contribution in [0.5, 0.6) is 0 Å².